The molecule has 0 aliphatic rings. The van der Waals surface area contributed by atoms with E-state index in [1.54, 1.807) is 0 Å². The van der Waals surface area contributed by atoms with Gasteiger partial charge in [-0.25, -0.2) is 0 Å². The molecule has 2 rings (SSSR count). The Bertz CT molecular complexity index is 561. The first-order chi connectivity index (χ1) is 10.2. The van der Waals surface area contributed by atoms with E-state index < -0.39 is 6.10 Å². The van der Waals surface area contributed by atoms with Gasteiger partial charge in [-0.1, -0.05) is 26.0 Å². The number of aryl methyl sites for hydroxylation is 2. The Balaban J connectivity index is 2.01. The molecule has 2 aromatic rings. The molecule has 1 heterocycles. The Labute approximate surface area is 126 Å². The van der Waals surface area contributed by atoms with Gasteiger partial charge in [0.2, 0.25) is 0 Å². The SMILES string of the molecule is CCc1cc(COc2ccc([C@H](O)CC)cc2)n(CC)n1. The van der Waals surface area contributed by atoms with Crippen LogP contribution in [0, 0.1) is 0 Å². The third-order valence-electron chi connectivity index (χ3n) is 3.61. The Hall–Kier alpha value is -1.81. The number of aromatic nitrogens is 2. The van der Waals surface area contributed by atoms with Gasteiger partial charge in [-0.2, -0.15) is 5.10 Å². The summed E-state index contributed by atoms with van der Waals surface area (Å²) in [4.78, 5) is 0. The molecule has 0 unspecified atom stereocenters. The lowest BCUT2D eigenvalue weighted by atomic mass is 10.1. The van der Waals surface area contributed by atoms with Crippen LogP contribution >= 0.6 is 0 Å². The first-order valence-electron chi connectivity index (χ1n) is 7.64. The van der Waals surface area contributed by atoms with Crippen LogP contribution in [-0.4, -0.2) is 14.9 Å². The zero-order valence-electron chi connectivity index (χ0n) is 13.0. The third kappa shape index (κ3) is 3.85. The van der Waals surface area contributed by atoms with Gasteiger partial charge >= 0.3 is 0 Å². The summed E-state index contributed by atoms with van der Waals surface area (Å²) in [7, 11) is 0. The summed E-state index contributed by atoms with van der Waals surface area (Å²) in [6.07, 6.45) is 1.26. The molecule has 0 amide bonds. The standard InChI is InChI=1S/C17H24N2O2/c1-4-14-11-15(19(6-3)18-14)12-21-16-9-7-13(8-10-16)17(20)5-2/h7-11,17,20H,4-6,12H2,1-3H3/t17-/m1/s1. The molecule has 0 radical (unpaired) electrons. The van der Waals surface area contributed by atoms with E-state index in [4.69, 9.17) is 4.74 Å². The highest BCUT2D eigenvalue weighted by Gasteiger charge is 2.07. The normalized spacial score (nSPS) is 12.4. The average Bonchev–Trinajstić information content (AvgIpc) is 2.95. The van der Waals surface area contributed by atoms with Crippen molar-refractivity contribution in [3.05, 3.63) is 47.3 Å². The molecule has 21 heavy (non-hydrogen) atoms. The molecule has 114 valence electrons. The second-order valence-corrected chi connectivity index (χ2v) is 5.08. The van der Waals surface area contributed by atoms with Crippen molar-refractivity contribution in [3.8, 4) is 5.75 Å². The number of aliphatic hydroxyl groups is 1. The van der Waals surface area contributed by atoms with Gasteiger partial charge in [0.1, 0.15) is 12.4 Å². The van der Waals surface area contributed by atoms with Crippen LogP contribution in [0.1, 0.15) is 50.2 Å². The molecule has 0 aliphatic heterocycles. The number of hydrogen-bond acceptors (Lipinski definition) is 3. The average molecular weight is 288 g/mol. The van der Waals surface area contributed by atoms with Crippen LogP contribution in [0.25, 0.3) is 0 Å². The van der Waals surface area contributed by atoms with Crippen LogP contribution in [0.4, 0.5) is 0 Å². The number of nitrogens with zero attached hydrogens (tertiary/aromatic N) is 2. The van der Waals surface area contributed by atoms with E-state index in [1.165, 1.54) is 0 Å². The minimum atomic E-state index is -0.396. The van der Waals surface area contributed by atoms with Crippen LogP contribution < -0.4 is 4.74 Å². The summed E-state index contributed by atoms with van der Waals surface area (Å²) < 4.78 is 7.80. The minimum absolute atomic E-state index is 0.396. The smallest absolute Gasteiger partial charge is 0.130 e. The molecule has 0 bridgehead atoms. The van der Waals surface area contributed by atoms with Gasteiger partial charge in [-0.05, 0) is 43.5 Å². The van der Waals surface area contributed by atoms with Crippen LogP contribution in [0.3, 0.4) is 0 Å². The van der Waals surface area contributed by atoms with Gasteiger partial charge in [-0.3, -0.25) is 4.68 Å². The van der Waals surface area contributed by atoms with Crippen LogP contribution in [-0.2, 0) is 19.6 Å². The highest BCUT2D eigenvalue weighted by Crippen LogP contribution is 2.20. The van der Waals surface area contributed by atoms with Crippen molar-refractivity contribution in [1.82, 2.24) is 9.78 Å². The quantitative estimate of drug-likeness (QED) is 0.848. The van der Waals surface area contributed by atoms with Crippen molar-refractivity contribution in [2.45, 2.75) is 52.9 Å². The minimum Gasteiger partial charge on any atom is -0.487 e. The molecule has 0 saturated carbocycles. The van der Waals surface area contributed by atoms with E-state index in [0.29, 0.717) is 6.61 Å². The molecule has 4 nitrogen and oxygen atoms in total. The van der Waals surface area contributed by atoms with Gasteiger partial charge < -0.3 is 9.84 Å². The third-order valence-corrected chi connectivity index (χ3v) is 3.61. The Morgan fingerprint density at radius 2 is 1.90 bits per heavy atom. The highest BCUT2D eigenvalue weighted by atomic mass is 16.5. The second kappa shape index (κ2) is 7.27. The maximum atomic E-state index is 9.77. The molecule has 1 aromatic heterocycles. The predicted molar refractivity (Wildman–Crippen MR) is 83.3 cm³/mol. The number of hydrogen-bond donors (Lipinski definition) is 1. The number of benzene rings is 1. The van der Waals surface area contributed by atoms with Crippen molar-refractivity contribution in [2.75, 3.05) is 0 Å². The monoisotopic (exact) mass is 288 g/mol. The second-order valence-electron chi connectivity index (χ2n) is 5.08. The van der Waals surface area contributed by atoms with Crippen LogP contribution in [0.15, 0.2) is 30.3 Å². The molecular weight excluding hydrogens is 264 g/mol. The molecule has 0 fully saturated rings. The summed E-state index contributed by atoms with van der Waals surface area (Å²) in [6, 6.07) is 9.73. The molecule has 0 aliphatic carbocycles. The largest absolute Gasteiger partial charge is 0.487 e. The van der Waals surface area contributed by atoms with Gasteiger partial charge in [-0.15, -0.1) is 0 Å². The highest BCUT2D eigenvalue weighted by molar-refractivity contribution is 5.28. The van der Waals surface area contributed by atoms with E-state index in [9.17, 15) is 5.11 Å². The summed E-state index contributed by atoms with van der Waals surface area (Å²) >= 11 is 0. The zero-order chi connectivity index (χ0) is 15.2. The van der Waals surface area contributed by atoms with Crippen molar-refractivity contribution < 1.29 is 9.84 Å². The molecular formula is C17H24N2O2. The maximum Gasteiger partial charge on any atom is 0.130 e. The summed E-state index contributed by atoms with van der Waals surface area (Å²) in [5, 5.41) is 14.3. The van der Waals surface area contributed by atoms with Gasteiger partial charge in [0, 0.05) is 6.54 Å². The van der Waals surface area contributed by atoms with Crippen LogP contribution in [0.2, 0.25) is 0 Å². The van der Waals surface area contributed by atoms with Gasteiger partial charge in [0.05, 0.1) is 17.5 Å². The fourth-order valence-electron chi connectivity index (χ4n) is 2.26. The van der Waals surface area contributed by atoms with E-state index in [-0.39, 0.29) is 0 Å². The molecule has 0 spiro atoms. The van der Waals surface area contributed by atoms with Gasteiger partial charge in [0.15, 0.2) is 0 Å². The lowest BCUT2D eigenvalue weighted by Gasteiger charge is -2.10. The van der Waals surface area contributed by atoms with Crippen molar-refractivity contribution >= 4 is 0 Å². The fourth-order valence-corrected chi connectivity index (χ4v) is 2.26. The molecule has 1 N–H and O–H groups in total. The Morgan fingerprint density at radius 1 is 1.19 bits per heavy atom. The number of aliphatic hydroxyl groups excluding tert-OH is 1. The summed E-state index contributed by atoms with van der Waals surface area (Å²) in [6.45, 7) is 7.50. The molecule has 0 saturated heterocycles. The Kier molecular flexibility index (Phi) is 5.39. The topological polar surface area (TPSA) is 47.3 Å². The maximum absolute atomic E-state index is 9.77. The molecule has 1 atom stereocenters. The zero-order valence-corrected chi connectivity index (χ0v) is 13.0. The van der Waals surface area contributed by atoms with E-state index >= 15 is 0 Å². The lowest BCUT2D eigenvalue weighted by Crippen LogP contribution is -2.06. The van der Waals surface area contributed by atoms with Gasteiger partial charge in [0.25, 0.3) is 0 Å². The van der Waals surface area contributed by atoms with Crippen molar-refractivity contribution in [2.24, 2.45) is 0 Å². The number of ether oxygens (including phenoxy) is 1. The summed E-state index contributed by atoms with van der Waals surface area (Å²) in [5.74, 6) is 0.809. The van der Waals surface area contributed by atoms with E-state index in [1.807, 2.05) is 35.9 Å². The summed E-state index contributed by atoms with van der Waals surface area (Å²) in [5.41, 5.74) is 3.11. The van der Waals surface area contributed by atoms with Crippen molar-refractivity contribution in [1.29, 1.82) is 0 Å². The number of rotatable bonds is 7. The predicted octanol–water partition coefficient (Wildman–Crippen LogP) is 3.49. The first-order valence-corrected chi connectivity index (χ1v) is 7.64. The molecule has 1 aromatic carbocycles. The first kappa shape index (κ1) is 15.6. The Morgan fingerprint density at radius 3 is 2.48 bits per heavy atom. The lowest BCUT2D eigenvalue weighted by molar-refractivity contribution is 0.173. The van der Waals surface area contributed by atoms with Crippen molar-refractivity contribution in [3.63, 3.8) is 0 Å². The fraction of sp³-hybridized carbons (Fsp3) is 0.471. The van der Waals surface area contributed by atoms with Crippen LogP contribution in [0.5, 0.6) is 5.75 Å². The van der Waals surface area contributed by atoms with E-state index in [0.717, 1.165) is 42.1 Å². The molecule has 4 heteroatoms. The van der Waals surface area contributed by atoms with E-state index in [2.05, 4.69) is 25.0 Å².